The van der Waals surface area contributed by atoms with Crippen LogP contribution in [-0.4, -0.2) is 40.7 Å². The summed E-state index contributed by atoms with van der Waals surface area (Å²) in [5.41, 5.74) is -0.248. The summed E-state index contributed by atoms with van der Waals surface area (Å²) in [4.78, 5) is 18.0. The molecule has 0 unspecified atom stereocenters. The van der Waals surface area contributed by atoms with Crippen molar-refractivity contribution >= 4 is 34.2 Å². The molecule has 100 valence electrons. The summed E-state index contributed by atoms with van der Waals surface area (Å²) in [6.45, 7) is 5.43. The van der Waals surface area contributed by atoms with Crippen molar-refractivity contribution in [3.05, 3.63) is 11.1 Å². The number of nitrogens with zero attached hydrogens (tertiary/aromatic N) is 2. The number of carboxylic acids is 1. The number of carboxylic acid groups (broad SMARTS) is 1. The normalized spacial score (nSPS) is 17.6. The number of hydrogen-bond donors (Lipinski definition) is 1. The average Bonchev–Trinajstić information content (AvgIpc) is 2.66. The molecule has 6 heteroatoms. The quantitative estimate of drug-likeness (QED) is 0.925. The Balaban J connectivity index is 2.16. The van der Waals surface area contributed by atoms with Gasteiger partial charge in [-0.3, -0.25) is 4.79 Å². The van der Waals surface area contributed by atoms with Gasteiger partial charge >= 0.3 is 5.97 Å². The van der Waals surface area contributed by atoms with Crippen molar-refractivity contribution in [2.75, 3.05) is 29.5 Å². The molecule has 0 amide bonds. The van der Waals surface area contributed by atoms with Gasteiger partial charge in [0.2, 0.25) is 0 Å². The van der Waals surface area contributed by atoms with Crippen molar-refractivity contribution in [2.24, 2.45) is 0 Å². The molecule has 0 bridgehead atoms. The predicted octanol–water partition coefficient (Wildman–Crippen LogP) is 2.45. The lowest BCUT2D eigenvalue weighted by Crippen LogP contribution is -2.30. The zero-order valence-electron chi connectivity index (χ0n) is 10.7. The first kappa shape index (κ1) is 13.7. The molecule has 0 spiro atoms. The molecule has 0 radical (unpaired) electrons. The molecular formula is C12H18N2O2S2. The largest absolute Gasteiger partial charge is 0.481 e. The second kappa shape index (κ2) is 5.48. The van der Waals surface area contributed by atoms with Crippen LogP contribution in [0.1, 0.15) is 26.0 Å². The van der Waals surface area contributed by atoms with Crippen LogP contribution < -0.4 is 4.90 Å². The number of hydrogen-bond acceptors (Lipinski definition) is 5. The van der Waals surface area contributed by atoms with Gasteiger partial charge in [0.05, 0.1) is 5.69 Å². The number of anilines is 1. The highest BCUT2D eigenvalue weighted by molar-refractivity contribution is 7.99. The first-order valence-corrected chi connectivity index (χ1v) is 8.07. The van der Waals surface area contributed by atoms with Crippen molar-refractivity contribution in [2.45, 2.75) is 25.7 Å². The Kier molecular flexibility index (Phi) is 4.17. The molecule has 2 rings (SSSR count). The molecule has 1 aliphatic heterocycles. The van der Waals surface area contributed by atoms with E-state index in [2.05, 4.69) is 9.88 Å². The van der Waals surface area contributed by atoms with Gasteiger partial charge in [-0.1, -0.05) is 0 Å². The molecule has 1 saturated heterocycles. The summed E-state index contributed by atoms with van der Waals surface area (Å²) in [6, 6.07) is 0. The van der Waals surface area contributed by atoms with E-state index < -0.39 is 11.4 Å². The lowest BCUT2D eigenvalue weighted by molar-refractivity contribution is -0.142. The second-order valence-electron chi connectivity index (χ2n) is 4.90. The van der Waals surface area contributed by atoms with E-state index in [0.717, 1.165) is 24.0 Å². The van der Waals surface area contributed by atoms with Crippen molar-refractivity contribution in [3.63, 3.8) is 0 Å². The number of rotatable bonds is 3. The lowest BCUT2D eigenvalue weighted by Gasteiger charge is -2.19. The van der Waals surface area contributed by atoms with Crippen LogP contribution in [0, 0.1) is 0 Å². The third kappa shape index (κ3) is 2.80. The van der Waals surface area contributed by atoms with Gasteiger partial charge in [0.1, 0.15) is 5.41 Å². The molecule has 2 heterocycles. The van der Waals surface area contributed by atoms with E-state index in [9.17, 15) is 9.90 Å². The molecule has 1 aromatic heterocycles. The minimum absolute atomic E-state index is 0.659. The number of carbonyl (C=O) groups is 1. The molecule has 0 atom stereocenters. The Morgan fingerprint density at radius 1 is 1.44 bits per heavy atom. The topological polar surface area (TPSA) is 53.4 Å². The van der Waals surface area contributed by atoms with Gasteiger partial charge in [-0.05, 0) is 26.0 Å². The highest BCUT2D eigenvalue weighted by atomic mass is 32.2. The highest BCUT2D eigenvalue weighted by Crippen LogP contribution is 2.30. The Labute approximate surface area is 115 Å². The fourth-order valence-corrected chi connectivity index (χ4v) is 3.68. The molecule has 1 N–H and O–H groups in total. The van der Waals surface area contributed by atoms with Crippen LogP contribution in [0.3, 0.4) is 0 Å². The van der Waals surface area contributed by atoms with Crippen LogP contribution in [0.15, 0.2) is 5.38 Å². The van der Waals surface area contributed by atoms with Crippen LogP contribution >= 0.6 is 23.1 Å². The average molecular weight is 286 g/mol. The fraction of sp³-hybridized carbons (Fsp3) is 0.667. The third-order valence-corrected chi connectivity index (χ3v) is 5.11. The predicted molar refractivity (Wildman–Crippen MR) is 76.9 cm³/mol. The van der Waals surface area contributed by atoms with E-state index in [0.29, 0.717) is 5.69 Å². The minimum atomic E-state index is -0.907. The first-order valence-electron chi connectivity index (χ1n) is 6.04. The van der Waals surface area contributed by atoms with E-state index >= 15 is 0 Å². The summed E-state index contributed by atoms with van der Waals surface area (Å²) in [6.07, 6.45) is 1.17. The second-order valence-corrected chi connectivity index (χ2v) is 6.96. The number of thioether (sulfide) groups is 1. The molecule has 18 heavy (non-hydrogen) atoms. The van der Waals surface area contributed by atoms with Crippen LogP contribution in [0.25, 0.3) is 0 Å². The van der Waals surface area contributed by atoms with Gasteiger partial charge < -0.3 is 10.0 Å². The van der Waals surface area contributed by atoms with Crippen LogP contribution in [0.4, 0.5) is 5.13 Å². The zero-order chi connectivity index (χ0) is 13.2. The molecule has 1 fully saturated rings. The smallest absolute Gasteiger partial charge is 0.315 e. The highest BCUT2D eigenvalue weighted by Gasteiger charge is 2.32. The lowest BCUT2D eigenvalue weighted by atomic mass is 9.90. The summed E-state index contributed by atoms with van der Waals surface area (Å²) >= 11 is 3.52. The van der Waals surface area contributed by atoms with Crippen LogP contribution in [0.5, 0.6) is 0 Å². The number of aliphatic carboxylic acids is 1. The monoisotopic (exact) mass is 286 g/mol. The minimum Gasteiger partial charge on any atom is -0.481 e. The van der Waals surface area contributed by atoms with Gasteiger partial charge in [-0.25, -0.2) is 4.98 Å². The molecular weight excluding hydrogens is 268 g/mol. The Morgan fingerprint density at radius 2 is 2.22 bits per heavy atom. The first-order chi connectivity index (χ1) is 8.51. The van der Waals surface area contributed by atoms with Crippen LogP contribution in [0.2, 0.25) is 0 Å². The maximum atomic E-state index is 11.2. The van der Waals surface area contributed by atoms with Crippen molar-refractivity contribution in [3.8, 4) is 0 Å². The molecule has 0 saturated carbocycles. The zero-order valence-corrected chi connectivity index (χ0v) is 12.3. The maximum absolute atomic E-state index is 11.2. The molecule has 0 aromatic carbocycles. The maximum Gasteiger partial charge on any atom is 0.315 e. The van der Waals surface area contributed by atoms with E-state index in [1.165, 1.54) is 12.2 Å². The van der Waals surface area contributed by atoms with E-state index in [-0.39, 0.29) is 0 Å². The van der Waals surface area contributed by atoms with Gasteiger partial charge in [-0.2, -0.15) is 11.8 Å². The van der Waals surface area contributed by atoms with Gasteiger partial charge in [0, 0.05) is 24.2 Å². The van der Waals surface area contributed by atoms with Crippen molar-refractivity contribution < 1.29 is 9.90 Å². The molecule has 1 aromatic rings. The standard InChI is InChI=1S/C12H18N2O2S2/c1-12(2,10(15)16)9-8-18-11(13-9)14-4-3-6-17-7-5-14/h8H,3-7H2,1-2H3,(H,15,16). The number of thiazole rings is 1. The SMILES string of the molecule is CC(C)(C(=O)O)c1csc(N2CCCSCC2)n1. The summed E-state index contributed by atoms with van der Waals surface area (Å²) in [5, 5.41) is 12.0. The van der Waals surface area contributed by atoms with Gasteiger partial charge in [-0.15, -0.1) is 11.3 Å². The Hall–Kier alpha value is -0.750. The summed E-state index contributed by atoms with van der Waals surface area (Å²) in [5.74, 6) is 1.50. The van der Waals surface area contributed by atoms with E-state index in [1.54, 1.807) is 25.2 Å². The van der Waals surface area contributed by atoms with E-state index in [4.69, 9.17) is 0 Å². The number of aromatic nitrogens is 1. The molecule has 4 nitrogen and oxygen atoms in total. The fourth-order valence-electron chi connectivity index (χ4n) is 1.74. The summed E-state index contributed by atoms with van der Waals surface area (Å²) < 4.78 is 0. The molecule has 0 aliphatic carbocycles. The summed E-state index contributed by atoms with van der Waals surface area (Å²) in [7, 11) is 0. The van der Waals surface area contributed by atoms with Gasteiger partial charge in [0.25, 0.3) is 0 Å². The van der Waals surface area contributed by atoms with Crippen LogP contribution in [-0.2, 0) is 10.2 Å². The Morgan fingerprint density at radius 3 is 2.94 bits per heavy atom. The Bertz CT molecular complexity index is 423. The molecule has 1 aliphatic rings. The third-order valence-electron chi connectivity index (χ3n) is 3.16. The van der Waals surface area contributed by atoms with Gasteiger partial charge in [0.15, 0.2) is 5.13 Å². The van der Waals surface area contributed by atoms with E-state index in [1.807, 2.05) is 17.1 Å². The van der Waals surface area contributed by atoms with Crippen molar-refractivity contribution in [1.29, 1.82) is 0 Å². The van der Waals surface area contributed by atoms with Crippen molar-refractivity contribution in [1.82, 2.24) is 4.98 Å².